The molecule has 4 nitrogen and oxygen atoms in total. The monoisotopic (exact) mass is 297 g/mol. The zero-order valence-corrected chi connectivity index (χ0v) is 12.2. The number of hydrogen-bond acceptors (Lipinski definition) is 2. The standard InChI is InChI=1S/C17H16FN3O/c1-11-20-15-7-6-13(10-16(15)21-11)17(22)19-9-8-12-4-2-3-5-14(12)18/h2-7,10H,8-9H2,1H3,(H,19,22)(H,20,21). The quantitative estimate of drug-likeness (QED) is 0.778. The van der Waals surface area contributed by atoms with Gasteiger partial charge in [-0.15, -0.1) is 0 Å². The Hall–Kier alpha value is -2.69. The number of carbonyl (C=O) groups is 1. The van der Waals surface area contributed by atoms with Crippen molar-refractivity contribution in [2.75, 3.05) is 6.54 Å². The van der Waals surface area contributed by atoms with Crippen molar-refractivity contribution >= 4 is 16.9 Å². The maximum atomic E-state index is 13.5. The smallest absolute Gasteiger partial charge is 0.251 e. The Balaban J connectivity index is 1.64. The summed E-state index contributed by atoms with van der Waals surface area (Å²) in [5.41, 5.74) is 2.83. The number of rotatable bonds is 4. The van der Waals surface area contributed by atoms with E-state index in [-0.39, 0.29) is 11.7 Å². The molecule has 0 fully saturated rings. The Morgan fingerprint density at radius 2 is 2.09 bits per heavy atom. The lowest BCUT2D eigenvalue weighted by molar-refractivity contribution is 0.0954. The Morgan fingerprint density at radius 1 is 1.27 bits per heavy atom. The number of aromatic nitrogens is 2. The number of imidazole rings is 1. The Morgan fingerprint density at radius 3 is 2.91 bits per heavy atom. The number of hydrogen-bond donors (Lipinski definition) is 2. The number of H-pyrrole nitrogens is 1. The summed E-state index contributed by atoms with van der Waals surface area (Å²) in [5, 5.41) is 2.81. The molecule has 2 N–H and O–H groups in total. The third-order valence-corrected chi connectivity index (χ3v) is 3.50. The van der Waals surface area contributed by atoms with Gasteiger partial charge < -0.3 is 10.3 Å². The van der Waals surface area contributed by atoms with Gasteiger partial charge in [-0.25, -0.2) is 9.37 Å². The highest BCUT2D eigenvalue weighted by atomic mass is 19.1. The fourth-order valence-corrected chi connectivity index (χ4v) is 2.39. The van der Waals surface area contributed by atoms with Gasteiger partial charge in [0.1, 0.15) is 11.6 Å². The summed E-state index contributed by atoms with van der Waals surface area (Å²) in [7, 11) is 0. The number of benzene rings is 2. The van der Waals surface area contributed by atoms with Gasteiger partial charge in [-0.2, -0.15) is 0 Å². The molecule has 2 aromatic carbocycles. The van der Waals surface area contributed by atoms with E-state index in [9.17, 15) is 9.18 Å². The molecule has 0 saturated carbocycles. The van der Waals surface area contributed by atoms with Crippen LogP contribution in [0.25, 0.3) is 11.0 Å². The van der Waals surface area contributed by atoms with Crippen molar-refractivity contribution in [2.45, 2.75) is 13.3 Å². The molecule has 0 atom stereocenters. The van der Waals surface area contributed by atoms with E-state index in [0.29, 0.717) is 24.1 Å². The lowest BCUT2D eigenvalue weighted by Gasteiger charge is -2.06. The van der Waals surface area contributed by atoms with Crippen molar-refractivity contribution in [3.8, 4) is 0 Å². The average molecular weight is 297 g/mol. The summed E-state index contributed by atoms with van der Waals surface area (Å²) in [5.74, 6) is 0.392. The molecule has 3 aromatic rings. The summed E-state index contributed by atoms with van der Waals surface area (Å²) >= 11 is 0. The SMILES string of the molecule is Cc1nc2ccc(C(=O)NCCc3ccccc3F)cc2[nH]1. The third-order valence-electron chi connectivity index (χ3n) is 3.50. The van der Waals surface area contributed by atoms with Gasteiger partial charge in [0.2, 0.25) is 0 Å². The van der Waals surface area contributed by atoms with E-state index >= 15 is 0 Å². The zero-order chi connectivity index (χ0) is 15.5. The first-order valence-corrected chi connectivity index (χ1v) is 7.11. The fourth-order valence-electron chi connectivity index (χ4n) is 2.39. The topological polar surface area (TPSA) is 57.8 Å². The summed E-state index contributed by atoms with van der Waals surface area (Å²) in [6, 6.07) is 11.9. The summed E-state index contributed by atoms with van der Waals surface area (Å²) < 4.78 is 13.5. The predicted molar refractivity (Wildman–Crippen MR) is 83.3 cm³/mol. The minimum atomic E-state index is -0.244. The summed E-state index contributed by atoms with van der Waals surface area (Å²) in [4.78, 5) is 19.5. The van der Waals surface area contributed by atoms with Crippen LogP contribution in [-0.2, 0) is 6.42 Å². The van der Waals surface area contributed by atoms with Crippen molar-refractivity contribution in [3.63, 3.8) is 0 Å². The number of carbonyl (C=O) groups excluding carboxylic acids is 1. The molecule has 112 valence electrons. The van der Waals surface area contributed by atoms with Crippen molar-refractivity contribution in [2.24, 2.45) is 0 Å². The largest absolute Gasteiger partial charge is 0.352 e. The van der Waals surface area contributed by atoms with E-state index in [1.54, 1.807) is 30.3 Å². The molecule has 0 unspecified atom stereocenters. The molecule has 0 bridgehead atoms. The van der Waals surface area contributed by atoms with E-state index in [1.165, 1.54) is 6.07 Å². The van der Waals surface area contributed by atoms with Crippen molar-refractivity contribution < 1.29 is 9.18 Å². The van der Waals surface area contributed by atoms with E-state index in [2.05, 4.69) is 15.3 Å². The molecule has 3 rings (SSSR count). The number of nitrogens with one attached hydrogen (secondary N) is 2. The molecule has 1 heterocycles. The number of aryl methyl sites for hydroxylation is 1. The van der Waals surface area contributed by atoms with Crippen LogP contribution in [0.2, 0.25) is 0 Å². The van der Waals surface area contributed by atoms with Gasteiger partial charge in [0.15, 0.2) is 0 Å². The summed E-state index contributed by atoms with van der Waals surface area (Å²) in [6.07, 6.45) is 0.462. The lowest BCUT2D eigenvalue weighted by Crippen LogP contribution is -2.25. The van der Waals surface area contributed by atoms with Gasteiger partial charge in [-0.1, -0.05) is 18.2 Å². The summed E-state index contributed by atoms with van der Waals surface area (Å²) in [6.45, 7) is 2.26. The average Bonchev–Trinajstić information content (AvgIpc) is 2.88. The van der Waals surface area contributed by atoms with Crippen molar-refractivity contribution in [1.82, 2.24) is 15.3 Å². The van der Waals surface area contributed by atoms with Gasteiger partial charge >= 0.3 is 0 Å². The number of aromatic amines is 1. The molecular formula is C17H16FN3O. The second-order valence-electron chi connectivity index (χ2n) is 5.15. The minimum absolute atomic E-state index is 0.175. The van der Waals surface area contributed by atoms with Gasteiger partial charge in [-0.3, -0.25) is 4.79 Å². The molecule has 0 aliphatic carbocycles. The van der Waals surface area contributed by atoms with Crippen LogP contribution in [0.5, 0.6) is 0 Å². The maximum Gasteiger partial charge on any atom is 0.251 e. The molecule has 0 radical (unpaired) electrons. The molecular weight excluding hydrogens is 281 g/mol. The van der Waals surface area contributed by atoms with E-state index in [0.717, 1.165) is 16.9 Å². The minimum Gasteiger partial charge on any atom is -0.352 e. The van der Waals surface area contributed by atoms with Crippen LogP contribution in [0.4, 0.5) is 4.39 Å². The molecule has 5 heteroatoms. The van der Waals surface area contributed by atoms with E-state index in [1.807, 2.05) is 13.0 Å². The normalized spacial score (nSPS) is 10.8. The second-order valence-corrected chi connectivity index (χ2v) is 5.15. The highest BCUT2D eigenvalue weighted by Gasteiger charge is 2.08. The van der Waals surface area contributed by atoms with Gasteiger partial charge in [0.25, 0.3) is 5.91 Å². The number of nitrogens with zero attached hydrogens (tertiary/aromatic N) is 1. The fraction of sp³-hybridized carbons (Fsp3) is 0.176. The second kappa shape index (κ2) is 5.97. The van der Waals surface area contributed by atoms with Gasteiger partial charge in [0.05, 0.1) is 11.0 Å². The Bertz CT molecular complexity index is 826. The van der Waals surface area contributed by atoms with E-state index in [4.69, 9.17) is 0 Å². The molecule has 0 saturated heterocycles. The number of halogens is 1. The first-order chi connectivity index (χ1) is 10.6. The van der Waals surface area contributed by atoms with Crippen LogP contribution in [-0.4, -0.2) is 22.4 Å². The first kappa shape index (κ1) is 14.3. The Kier molecular flexibility index (Phi) is 3.87. The number of amides is 1. The molecule has 1 amide bonds. The molecule has 0 spiro atoms. The van der Waals surface area contributed by atoms with Crippen LogP contribution in [0, 0.1) is 12.7 Å². The van der Waals surface area contributed by atoms with Crippen LogP contribution >= 0.6 is 0 Å². The number of fused-ring (bicyclic) bond motifs is 1. The zero-order valence-electron chi connectivity index (χ0n) is 12.2. The van der Waals surface area contributed by atoms with Crippen molar-refractivity contribution in [3.05, 3.63) is 65.2 Å². The molecule has 0 aliphatic heterocycles. The van der Waals surface area contributed by atoms with E-state index < -0.39 is 0 Å². The first-order valence-electron chi connectivity index (χ1n) is 7.11. The Labute approximate surface area is 127 Å². The molecule has 22 heavy (non-hydrogen) atoms. The molecule has 1 aromatic heterocycles. The lowest BCUT2D eigenvalue weighted by atomic mass is 10.1. The third kappa shape index (κ3) is 2.98. The highest BCUT2D eigenvalue weighted by Crippen LogP contribution is 2.13. The van der Waals surface area contributed by atoms with Crippen LogP contribution < -0.4 is 5.32 Å². The van der Waals surface area contributed by atoms with Crippen LogP contribution in [0.3, 0.4) is 0 Å². The van der Waals surface area contributed by atoms with Crippen molar-refractivity contribution in [1.29, 1.82) is 0 Å². The van der Waals surface area contributed by atoms with Crippen LogP contribution in [0.1, 0.15) is 21.7 Å². The maximum absolute atomic E-state index is 13.5. The van der Waals surface area contributed by atoms with Gasteiger partial charge in [0, 0.05) is 12.1 Å². The molecule has 0 aliphatic rings. The highest BCUT2D eigenvalue weighted by molar-refractivity contribution is 5.97. The predicted octanol–water partition coefficient (Wildman–Crippen LogP) is 2.98. The van der Waals surface area contributed by atoms with Gasteiger partial charge in [-0.05, 0) is 43.2 Å². The van der Waals surface area contributed by atoms with Crippen LogP contribution in [0.15, 0.2) is 42.5 Å².